The van der Waals surface area contributed by atoms with E-state index in [9.17, 15) is 23.1 Å². The minimum absolute atomic E-state index is 0.0660. The number of carbonyl (C=O) groups is 1. The third kappa shape index (κ3) is 6.06. The number of pyridine rings is 1. The van der Waals surface area contributed by atoms with Crippen molar-refractivity contribution in [3.05, 3.63) is 77.0 Å². The molecule has 0 unspecified atom stereocenters. The first kappa shape index (κ1) is 23.7. The van der Waals surface area contributed by atoms with E-state index in [1.54, 1.807) is 48.5 Å². The summed E-state index contributed by atoms with van der Waals surface area (Å²) in [5.41, 5.74) is -0.353. The number of halogens is 3. The summed E-state index contributed by atoms with van der Waals surface area (Å²) in [4.78, 5) is 15.5. The Kier molecular flexibility index (Phi) is 7.27. The van der Waals surface area contributed by atoms with Crippen LogP contribution in [-0.2, 0) is 19.3 Å². The molecule has 0 saturated carbocycles. The molecule has 3 rings (SSSR count). The van der Waals surface area contributed by atoms with Gasteiger partial charge in [0.1, 0.15) is 28.6 Å². The second-order valence-corrected chi connectivity index (χ2v) is 6.98. The maximum atomic E-state index is 13.5. The second kappa shape index (κ2) is 10.1. The first-order chi connectivity index (χ1) is 15.7. The zero-order valence-corrected chi connectivity index (χ0v) is 17.9. The van der Waals surface area contributed by atoms with Crippen LogP contribution in [0.4, 0.5) is 24.7 Å². The van der Waals surface area contributed by atoms with Crippen molar-refractivity contribution in [1.82, 2.24) is 4.98 Å². The maximum Gasteiger partial charge on any atom is 0.433 e. The fourth-order valence-electron chi connectivity index (χ4n) is 3.04. The van der Waals surface area contributed by atoms with Gasteiger partial charge in [0.25, 0.3) is 0 Å². The molecule has 3 N–H and O–H groups in total. The molecule has 3 aromatic rings. The highest BCUT2D eigenvalue weighted by Crippen LogP contribution is 2.34. The van der Waals surface area contributed by atoms with Gasteiger partial charge in [0.15, 0.2) is 0 Å². The van der Waals surface area contributed by atoms with Gasteiger partial charge in [-0.2, -0.15) is 13.2 Å². The Labute approximate surface area is 188 Å². The predicted octanol–water partition coefficient (Wildman–Crippen LogP) is 5.04. The normalized spacial score (nSPS) is 11.1. The Bertz CT molecular complexity index is 1030. The smallest absolute Gasteiger partial charge is 0.433 e. The number of nitrogens with zero attached hydrogens (tertiary/aromatic N) is 1. The molecule has 2 aromatic carbocycles. The molecule has 0 bridgehead atoms. The Balaban J connectivity index is 1.91. The molecule has 0 saturated heterocycles. The van der Waals surface area contributed by atoms with Crippen LogP contribution >= 0.6 is 0 Å². The van der Waals surface area contributed by atoms with Crippen molar-refractivity contribution >= 4 is 17.5 Å². The fraction of sp³-hybridized carbons (Fsp3) is 0.217. The van der Waals surface area contributed by atoms with Crippen molar-refractivity contribution < 1.29 is 32.5 Å². The van der Waals surface area contributed by atoms with Gasteiger partial charge in [-0.25, -0.2) is 9.78 Å². The van der Waals surface area contributed by atoms with E-state index in [4.69, 9.17) is 9.47 Å². The molecule has 10 heteroatoms. The molecule has 0 aliphatic carbocycles. The van der Waals surface area contributed by atoms with E-state index < -0.39 is 17.8 Å². The van der Waals surface area contributed by atoms with Gasteiger partial charge in [0, 0.05) is 13.1 Å². The Hall–Kier alpha value is -3.95. The molecule has 0 amide bonds. The summed E-state index contributed by atoms with van der Waals surface area (Å²) >= 11 is 0. The number of carboxylic acids is 1. The molecule has 0 radical (unpaired) electrons. The summed E-state index contributed by atoms with van der Waals surface area (Å²) in [5.74, 6) is -0.554. The van der Waals surface area contributed by atoms with E-state index in [2.05, 4.69) is 15.6 Å². The number of nitrogens with one attached hydrogen (secondary N) is 2. The van der Waals surface area contributed by atoms with Crippen LogP contribution in [0.5, 0.6) is 11.5 Å². The van der Waals surface area contributed by atoms with Gasteiger partial charge in [-0.05, 0) is 41.5 Å². The lowest BCUT2D eigenvalue weighted by Gasteiger charge is -2.17. The lowest BCUT2D eigenvalue weighted by atomic mass is 10.1. The summed E-state index contributed by atoms with van der Waals surface area (Å²) in [6.45, 7) is 0.167. The van der Waals surface area contributed by atoms with Crippen molar-refractivity contribution in [3.8, 4) is 11.5 Å². The summed E-state index contributed by atoms with van der Waals surface area (Å²) in [5, 5.41) is 15.3. The minimum atomic E-state index is -4.76. The van der Waals surface area contributed by atoms with Crippen molar-refractivity contribution in [2.75, 3.05) is 24.9 Å². The van der Waals surface area contributed by atoms with Gasteiger partial charge in [-0.3, -0.25) is 0 Å². The van der Waals surface area contributed by atoms with Crippen molar-refractivity contribution in [2.24, 2.45) is 0 Å². The van der Waals surface area contributed by atoms with E-state index in [0.717, 1.165) is 5.56 Å². The van der Waals surface area contributed by atoms with Crippen molar-refractivity contribution in [2.45, 2.75) is 19.3 Å². The lowest BCUT2D eigenvalue weighted by Crippen LogP contribution is -2.17. The molecular formula is C23H22F3N3O4. The highest BCUT2D eigenvalue weighted by Gasteiger charge is 2.35. The Morgan fingerprint density at radius 3 is 1.82 bits per heavy atom. The molecule has 0 fully saturated rings. The van der Waals surface area contributed by atoms with Crippen LogP contribution in [0, 0.1) is 0 Å². The average Bonchev–Trinajstić information content (AvgIpc) is 2.80. The molecule has 1 heterocycles. The summed E-state index contributed by atoms with van der Waals surface area (Å²) in [6, 6.07) is 14.3. The molecule has 33 heavy (non-hydrogen) atoms. The standard InChI is InChI=1S/C23H22F3N3O4/c1-32-16-7-3-14(4-8-16)12-27-18-11-19(23(24,25)26)29-21(20(18)22(30)31)28-13-15-5-9-17(33-2)10-6-15/h3-11H,12-13H2,1-2H3,(H,30,31)(H2,27,28,29). The Morgan fingerprint density at radius 2 is 1.39 bits per heavy atom. The number of ether oxygens (including phenoxy) is 2. The second-order valence-electron chi connectivity index (χ2n) is 6.98. The topological polar surface area (TPSA) is 92.7 Å². The SMILES string of the molecule is COc1ccc(CNc2cc(C(F)(F)F)nc(NCc3ccc(OC)cc3)c2C(=O)O)cc1. The van der Waals surface area contributed by atoms with Gasteiger partial charge < -0.3 is 25.2 Å². The molecule has 0 spiro atoms. The summed E-state index contributed by atoms with van der Waals surface area (Å²) < 4.78 is 50.6. The molecular weight excluding hydrogens is 439 g/mol. The van der Waals surface area contributed by atoms with Crippen LogP contribution in [0.1, 0.15) is 27.2 Å². The molecule has 0 aliphatic rings. The number of hydrogen-bond acceptors (Lipinski definition) is 6. The van der Waals surface area contributed by atoms with Crippen LogP contribution in [0.2, 0.25) is 0 Å². The number of carboxylic acid groups (broad SMARTS) is 1. The van der Waals surface area contributed by atoms with E-state index in [0.29, 0.717) is 23.1 Å². The van der Waals surface area contributed by atoms with Gasteiger partial charge >= 0.3 is 12.1 Å². The zero-order chi connectivity index (χ0) is 24.0. The highest BCUT2D eigenvalue weighted by molar-refractivity contribution is 5.99. The highest BCUT2D eigenvalue weighted by atomic mass is 19.4. The number of aromatic carboxylic acids is 1. The quantitative estimate of drug-likeness (QED) is 0.411. The number of alkyl halides is 3. The molecule has 1 aromatic heterocycles. The molecule has 0 atom stereocenters. The largest absolute Gasteiger partial charge is 0.497 e. The summed E-state index contributed by atoms with van der Waals surface area (Å²) in [7, 11) is 3.03. The maximum absolute atomic E-state index is 13.5. The monoisotopic (exact) mass is 461 g/mol. The average molecular weight is 461 g/mol. The zero-order valence-electron chi connectivity index (χ0n) is 17.9. The van der Waals surface area contributed by atoms with Crippen molar-refractivity contribution in [1.29, 1.82) is 0 Å². The first-order valence-corrected chi connectivity index (χ1v) is 9.80. The third-order valence-electron chi connectivity index (χ3n) is 4.78. The number of aromatic nitrogens is 1. The van der Waals surface area contributed by atoms with Crippen LogP contribution in [0.15, 0.2) is 54.6 Å². The van der Waals surface area contributed by atoms with Crippen LogP contribution in [-0.4, -0.2) is 30.3 Å². The predicted molar refractivity (Wildman–Crippen MR) is 117 cm³/mol. The van der Waals surface area contributed by atoms with Gasteiger partial charge in [-0.15, -0.1) is 0 Å². The third-order valence-corrected chi connectivity index (χ3v) is 4.78. The van der Waals surface area contributed by atoms with E-state index >= 15 is 0 Å². The van der Waals surface area contributed by atoms with Crippen LogP contribution in [0.25, 0.3) is 0 Å². The Morgan fingerprint density at radius 1 is 0.909 bits per heavy atom. The molecule has 7 nitrogen and oxygen atoms in total. The molecule has 174 valence electrons. The van der Waals surface area contributed by atoms with Crippen LogP contribution in [0.3, 0.4) is 0 Å². The van der Waals surface area contributed by atoms with Crippen LogP contribution < -0.4 is 20.1 Å². The molecule has 0 aliphatic heterocycles. The number of methoxy groups -OCH3 is 2. The lowest BCUT2D eigenvalue weighted by molar-refractivity contribution is -0.141. The van der Waals surface area contributed by atoms with Gasteiger partial charge in [0.05, 0.1) is 19.9 Å². The number of anilines is 2. The first-order valence-electron chi connectivity index (χ1n) is 9.80. The van der Waals surface area contributed by atoms with E-state index in [1.165, 1.54) is 14.2 Å². The van der Waals surface area contributed by atoms with E-state index in [-0.39, 0.29) is 30.2 Å². The summed E-state index contributed by atoms with van der Waals surface area (Å²) in [6.07, 6.45) is -4.76. The van der Waals surface area contributed by atoms with Gasteiger partial charge in [0.2, 0.25) is 0 Å². The number of hydrogen-bond donors (Lipinski definition) is 3. The van der Waals surface area contributed by atoms with E-state index in [1.807, 2.05) is 0 Å². The van der Waals surface area contributed by atoms with Gasteiger partial charge in [-0.1, -0.05) is 24.3 Å². The number of rotatable bonds is 9. The van der Waals surface area contributed by atoms with Crippen molar-refractivity contribution in [3.63, 3.8) is 0 Å². The number of benzene rings is 2. The minimum Gasteiger partial charge on any atom is -0.497 e. The fourth-order valence-corrected chi connectivity index (χ4v) is 3.04.